The lowest BCUT2D eigenvalue weighted by atomic mass is 9.96. The van der Waals surface area contributed by atoms with Gasteiger partial charge in [-0.2, -0.15) is 0 Å². The number of nitrogens with zero attached hydrogens (tertiary/aromatic N) is 4. The van der Waals surface area contributed by atoms with Crippen molar-refractivity contribution in [2.45, 2.75) is 39.8 Å². The van der Waals surface area contributed by atoms with Crippen molar-refractivity contribution in [1.82, 2.24) is 24.7 Å². The highest BCUT2D eigenvalue weighted by molar-refractivity contribution is 7.80. The highest BCUT2D eigenvalue weighted by Gasteiger charge is 2.41. The highest BCUT2D eigenvalue weighted by atomic mass is 32.1. The fourth-order valence-electron chi connectivity index (χ4n) is 5.49. The second kappa shape index (κ2) is 10.1. The van der Waals surface area contributed by atoms with E-state index in [9.17, 15) is 0 Å². The molecule has 0 aliphatic carbocycles. The summed E-state index contributed by atoms with van der Waals surface area (Å²) in [7, 11) is 0. The number of benzene rings is 1. The molecule has 184 valence electrons. The molecule has 2 aliphatic heterocycles. The van der Waals surface area contributed by atoms with Gasteiger partial charge in [-0.3, -0.25) is 9.88 Å². The molecule has 2 unspecified atom stereocenters. The van der Waals surface area contributed by atoms with Crippen LogP contribution in [0.3, 0.4) is 0 Å². The fraction of sp³-hybridized carbons (Fsp3) is 0.429. The van der Waals surface area contributed by atoms with Crippen molar-refractivity contribution in [2.75, 3.05) is 39.4 Å². The second-order valence-electron chi connectivity index (χ2n) is 9.65. The molecule has 0 amide bonds. The Hall–Kier alpha value is -2.74. The smallest absolute Gasteiger partial charge is 0.170 e. The van der Waals surface area contributed by atoms with Crippen LogP contribution < -0.4 is 5.32 Å². The van der Waals surface area contributed by atoms with Gasteiger partial charge < -0.3 is 19.5 Å². The van der Waals surface area contributed by atoms with Crippen molar-refractivity contribution < 1.29 is 4.74 Å². The van der Waals surface area contributed by atoms with Gasteiger partial charge in [-0.05, 0) is 80.9 Å². The molecule has 2 aliphatic rings. The van der Waals surface area contributed by atoms with Crippen molar-refractivity contribution in [3.8, 4) is 5.69 Å². The molecule has 2 atom stereocenters. The van der Waals surface area contributed by atoms with Crippen LogP contribution in [0.1, 0.15) is 45.9 Å². The number of ether oxygens (including phenoxy) is 1. The zero-order valence-electron chi connectivity index (χ0n) is 21.1. The Balaban J connectivity index is 1.55. The molecule has 1 aromatic carbocycles. The van der Waals surface area contributed by atoms with Crippen LogP contribution in [-0.4, -0.2) is 63.9 Å². The van der Waals surface area contributed by atoms with Crippen LogP contribution in [0.25, 0.3) is 5.69 Å². The molecule has 35 heavy (non-hydrogen) atoms. The van der Waals surface area contributed by atoms with Gasteiger partial charge in [0, 0.05) is 49.5 Å². The number of pyridine rings is 1. The average molecular weight is 490 g/mol. The lowest BCUT2D eigenvalue weighted by Gasteiger charge is -2.32. The predicted octanol–water partition coefficient (Wildman–Crippen LogP) is 4.41. The largest absolute Gasteiger partial charge is 0.379 e. The van der Waals surface area contributed by atoms with E-state index in [1.807, 2.05) is 12.3 Å². The molecule has 3 aromatic rings. The third-order valence-electron chi connectivity index (χ3n) is 7.56. The number of hydrogen-bond donors (Lipinski definition) is 1. The first-order valence-corrected chi connectivity index (χ1v) is 12.9. The molecule has 2 aromatic heterocycles. The quantitative estimate of drug-likeness (QED) is 0.518. The summed E-state index contributed by atoms with van der Waals surface area (Å²) in [6.07, 6.45) is 1.87. The van der Waals surface area contributed by atoms with Gasteiger partial charge >= 0.3 is 0 Å². The van der Waals surface area contributed by atoms with Gasteiger partial charge in [0.2, 0.25) is 0 Å². The molecule has 7 heteroatoms. The molecular weight excluding hydrogens is 454 g/mol. The first kappa shape index (κ1) is 24.0. The summed E-state index contributed by atoms with van der Waals surface area (Å²) >= 11 is 5.91. The third kappa shape index (κ3) is 4.60. The normalized spacial score (nSPS) is 20.9. The molecule has 0 bridgehead atoms. The van der Waals surface area contributed by atoms with Crippen molar-refractivity contribution >= 4 is 17.3 Å². The first-order valence-electron chi connectivity index (χ1n) is 12.5. The fourth-order valence-corrected chi connectivity index (χ4v) is 5.83. The van der Waals surface area contributed by atoms with E-state index >= 15 is 0 Å². The zero-order valence-corrected chi connectivity index (χ0v) is 21.9. The Morgan fingerprint density at radius 3 is 2.57 bits per heavy atom. The van der Waals surface area contributed by atoms with E-state index in [0.29, 0.717) is 0 Å². The molecule has 5 rings (SSSR count). The number of morpholine rings is 1. The Morgan fingerprint density at radius 1 is 1.03 bits per heavy atom. The number of thiocarbonyl (C=S) groups is 1. The first-order chi connectivity index (χ1) is 17.0. The van der Waals surface area contributed by atoms with E-state index in [1.165, 1.54) is 33.8 Å². The molecule has 4 heterocycles. The molecule has 0 radical (unpaired) electrons. The molecular formula is C28H35N5OS. The van der Waals surface area contributed by atoms with E-state index in [2.05, 4.69) is 83.8 Å². The Morgan fingerprint density at radius 2 is 1.83 bits per heavy atom. The Labute approximate surface area is 213 Å². The van der Waals surface area contributed by atoms with E-state index in [1.54, 1.807) is 0 Å². The third-order valence-corrected chi connectivity index (χ3v) is 7.92. The molecule has 1 N–H and O–H groups in total. The number of aromatic nitrogens is 2. The summed E-state index contributed by atoms with van der Waals surface area (Å²) in [6.45, 7) is 14.2. The minimum atomic E-state index is 0.000876. The summed E-state index contributed by atoms with van der Waals surface area (Å²) in [5.41, 5.74) is 8.67. The predicted molar refractivity (Wildman–Crippen MR) is 144 cm³/mol. The highest BCUT2D eigenvalue weighted by Crippen LogP contribution is 2.41. The minimum absolute atomic E-state index is 0.000876. The lowest BCUT2D eigenvalue weighted by molar-refractivity contribution is 0.0350. The summed E-state index contributed by atoms with van der Waals surface area (Å²) in [4.78, 5) is 9.56. The van der Waals surface area contributed by atoms with Gasteiger partial charge in [-0.1, -0.05) is 18.2 Å². The van der Waals surface area contributed by atoms with E-state index < -0.39 is 0 Å². The van der Waals surface area contributed by atoms with Crippen molar-refractivity contribution in [2.24, 2.45) is 0 Å². The van der Waals surface area contributed by atoms with Gasteiger partial charge in [0.1, 0.15) is 0 Å². The van der Waals surface area contributed by atoms with Crippen molar-refractivity contribution in [1.29, 1.82) is 0 Å². The van der Waals surface area contributed by atoms with Gasteiger partial charge in [0.15, 0.2) is 5.11 Å². The van der Waals surface area contributed by atoms with E-state index in [0.717, 1.165) is 50.2 Å². The maximum atomic E-state index is 5.91. The summed E-state index contributed by atoms with van der Waals surface area (Å²) in [5.74, 6) is 0. The second-order valence-corrected chi connectivity index (χ2v) is 10.0. The van der Waals surface area contributed by atoms with Crippen LogP contribution in [0.15, 0.2) is 48.7 Å². The number of aryl methyl sites for hydroxylation is 2. The molecule has 6 nitrogen and oxygen atoms in total. The number of rotatable bonds is 6. The van der Waals surface area contributed by atoms with Crippen LogP contribution in [0.4, 0.5) is 0 Å². The van der Waals surface area contributed by atoms with Gasteiger partial charge in [0.25, 0.3) is 0 Å². The monoisotopic (exact) mass is 489 g/mol. The number of hydrogen-bond acceptors (Lipinski definition) is 4. The van der Waals surface area contributed by atoms with Crippen molar-refractivity contribution in [3.63, 3.8) is 0 Å². The Kier molecular flexibility index (Phi) is 6.91. The van der Waals surface area contributed by atoms with E-state index in [4.69, 9.17) is 21.9 Å². The van der Waals surface area contributed by atoms with Crippen LogP contribution >= 0.6 is 12.2 Å². The van der Waals surface area contributed by atoms with Crippen molar-refractivity contribution in [3.05, 3.63) is 82.4 Å². The SMILES string of the molecule is Cc1cccc(-n2c(C)cc(C3C(c4ccccn4)NC(=S)N3CCN3CCOCC3)c2C)c1C. The number of nitrogens with one attached hydrogen (secondary N) is 1. The van der Waals surface area contributed by atoms with E-state index in [-0.39, 0.29) is 12.1 Å². The van der Waals surface area contributed by atoms with Gasteiger partial charge in [-0.25, -0.2) is 0 Å². The van der Waals surface area contributed by atoms with Gasteiger partial charge in [-0.15, -0.1) is 0 Å². The van der Waals surface area contributed by atoms with Crippen LogP contribution in [-0.2, 0) is 4.74 Å². The van der Waals surface area contributed by atoms with Crippen LogP contribution in [0.5, 0.6) is 0 Å². The van der Waals surface area contributed by atoms with Crippen LogP contribution in [0.2, 0.25) is 0 Å². The van der Waals surface area contributed by atoms with Crippen LogP contribution in [0, 0.1) is 27.7 Å². The maximum Gasteiger partial charge on any atom is 0.170 e. The lowest BCUT2D eigenvalue weighted by Crippen LogP contribution is -2.42. The summed E-state index contributed by atoms with van der Waals surface area (Å²) < 4.78 is 7.94. The summed E-state index contributed by atoms with van der Waals surface area (Å²) in [5, 5.41) is 4.42. The molecule has 0 saturated carbocycles. The molecule has 2 saturated heterocycles. The standard InChI is InChI=1S/C28H35N5OS/c1-19-8-7-10-25(21(19)3)33-20(2)18-23(22(33)4)27-26(24-9-5-6-11-29-24)30-28(35)32(27)13-12-31-14-16-34-17-15-31/h5-11,18,26-27H,12-17H2,1-4H3,(H,30,35). The topological polar surface area (TPSA) is 45.6 Å². The maximum absolute atomic E-state index is 5.91. The molecule has 2 fully saturated rings. The zero-order chi connectivity index (χ0) is 24.5. The Bertz CT molecular complexity index is 1200. The summed E-state index contributed by atoms with van der Waals surface area (Å²) in [6, 6.07) is 15.1. The average Bonchev–Trinajstić information content (AvgIpc) is 3.35. The molecule has 0 spiro atoms. The minimum Gasteiger partial charge on any atom is -0.379 e. The van der Waals surface area contributed by atoms with Gasteiger partial charge in [0.05, 0.1) is 31.0 Å².